The van der Waals surface area contributed by atoms with Crippen molar-refractivity contribution in [2.24, 2.45) is 5.92 Å². The van der Waals surface area contributed by atoms with Crippen LogP contribution in [0.5, 0.6) is 0 Å². The van der Waals surface area contributed by atoms with Crippen LogP contribution in [0.1, 0.15) is 13.3 Å². The second-order valence-corrected chi connectivity index (χ2v) is 3.20. The summed E-state index contributed by atoms with van der Waals surface area (Å²) in [6.45, 7) is 1.48. The molecule has 5 atom stereocenters. The molecular weight excluding hydrogens is 135 g/mol. The lowest BCUT2D eigenvalue weighted by atomic mass is 10.0. The summed E-state index contributed by atoms with van der Waals surface area (Å²) in [6.07, 6.45) is -0.590. The van der Waals surface area contributed by atoms with Crippen molar-refractivity contribution in [1.29, 1.82) is 0 Å². The number of aliphatic hydroxyl groups excluding tert-OH is 1. The van der Waals surface area contributed by atoms with Crippen molar-refractivity contribution in [3.8, 4) is 0 Å². The molecule has 1 heterocycles. The van der Waals surface area contributed by atoms with E-state index in [9.17, 15) is 9.50 Å². The van der Waals surface area contributed by atoms with Gasteiger partial charge in [-0.15, -0.1) is 0 Å². The number of hydrogen-bond donors (Lipinski definition) is 1. The Morgan fingerprint density at radius 1 is 1.70 bits per heavy atom. The molecule has 0 amide bonds. The molecule has 2 rings (SSSR count). The van der Waals surface area contributed by atoms with Crippen molar-refractivity contribution in [2.75, 3.05) is 0 Å². The predicted molar refractivity (Wildman–Crippen MR) is 33.3 cm³/mol. The Hall–Kier alpha value is -0.150. The molecule has 10 heavy (non-hydrogen) atoms. The van der Waals surface area contributed by atoms with Crippen LogP contribution in [-0.4, -0.2) is 29.6 Å². The molecule has 0 spiro atoms. The van der Waals surface area contributed by atoms with Gasteiger partial charge in [0, 0.05) is 12.3 Å². The average Bonchev–Trinajstić information content (AvgIpc) is 2.42. The van der Waals surface area contributed by atoms with E-state index in [2.05, 4.69) is 0 Å². The van der Waals surface area contributed by atoms with Gasteiger partial charge >= 0.3 is 0 Å². The van der Waals surface area contributed by atoms with Crippen LogP contribution < -0.4 is 0 Å². The molecule has 58 valence electrons. The van der Waals surface area contributed by atoms with Crippen molar-refractivity contribution in [3.05, 3.63) is 0 Å². The third-order valence-electron chi connectivity index (χ3n) is 2.45. The Kier molecular flexibility index (Phi) is 1.26. The third-order valence-corrected chi connectivity index (χ3v) is 2.45. The van der Waals surface area contributed by atoms with E-state index in [1.54, 1.807) is 0 Å². The highest BCUT2D eigenvalue weighted by atomic mass is 19.1. The Bertz CT molecular complexity index is 147. The Morgan fingerprint density at radius 3 is 2.70 bits per heavy atom. The van der Waals surface area contributed by atoms with E-state index in [1.807, 2.05) is 0 Å². The highest BCUT2D eigenvalue weighted by Gasteiger charge is 2.57. The molecule has 0 aromatic heterocycles. The average molecular weight is 146 g/mol. The molecule has 2 aliphatic rings. The molecule has 1 aliphatic heterocycles. The number of halogens is 1. The maximum atomic E-state index is 12.7. The van der Waals surface area contributed by atoms with E-state index >= 15 is 0 Å². The molecule has 1 aliphatic carbocycles. The minimum atomic E-state index is -0.938. The van der Waals surface area contributed by atoms with E-state index in [1.165, 1.54) is 6.92 Å². The molecular formula is C7H11FO2. The minimum Gasteiger partial charge on any atom is -0.393 e. The van der Waals surface area contributed by atoms with E-state index in [-0.39, 0.29) is 18.1 Å². The van der Waals surface area contributed by atoms with Crippen molar-refractivity contribution in [3.63, 3.8) is 0 Å². The molecule has 2 nitrogen and oxygen atoms in total. The van der Waals surface area contributed by atoms with Gasteiger partial charge in [-0.05, 0) is 6.92 Å². The normalized spacial score (nSPS) is 54.3. The van der Waals surface area contributed by atoms with Gasteiger partial charge in [-0.3, -0.25) is 0 Å². The fraction of sp³-hybridized carbons (Fsp3) is 1.00. The number of rotatable bonds is 1. The zero-order valence-corrected chi connectivity index (χ0v) is 5.83. The van der Waals surface area contributed by atoms with E-state index in [0.29, 0.717) is 6.42 Å². The second-order valence-electron chi connectivity index (χ2n) is 3.20. The summed E-state index contributed by atoms with van der Waals surface area (Å²) in [4.78, 5) is 0. The highest BCUT2D eigenvalue weighted by Crippen LogP contribution is 2.45. The standard InChI is InChI=1S/C7H11FO2/c1-3(8)6-4(9)2-5-7(6)10-5/h3-7,9H,2H2,1H3/t3?,4-,5+,6+,7+/m0/s1. The molecule has 2 fully saturated rings. The lowest BCUT2D eigenvalue weighted by molar-refractivity contribution is 0.0358. The minimum absolute atomic E-state index is 0.0231. The number of epoxide rings is 1. The number of alkyl halides is 1. The van der Waals surface area contributed by atoms with Crippen molar-refractivity contribution < 1.29 is 14.2 Å². The maximum Gasteiger partial charge on any atom is 0.105 e. The maximum absolute atomic E-state index is 12.7. The molecule has 0 bridgehead atoms. The van der Waals surface area contributed by atoms with Gasteiger partial charge in [0.1, 0.15) is 6.17 Å². The second kappa shape index (κ2) is 1.92. The Labute approximate surface area is 59.0 Å². The Balaban J connectivity index is 2.05. The molecule has 1 unspecified atom stereocenters. The summed E-state index contributed by atoms with van der Waals surface area (Å²) >= 11 is 0. The smallest absolute Gasteiger partial charge is 0.105 e. The van der Waals surface area contributed by atoms with Gasteiger partial charge in [0.15, 0.2) is 0 Å². The molecule has 0 aromatic carbocycles. The van der Waals surface area contributed by atoms with Crippen LogP contribution in [0.4, 0.5) is 4.39 Å². The fourth-order valence-corrected chi connectivity index (χ4v) is 1.87. The summed E-state index contributed by atoms with van der Waals surface area (Å²) in [5.74, 6) is -0.259. The SMILES string of the molecule is CC(F)[C@H]1[C@@H]2O[C@@H]2C[C@@H]1O. The van der Waals surface area contributed by atoms with Gasteiger partial charge < -0.3 is 9.84 Å². The van der Waals surface area contributed by atoms with Crippen LogP contribution >= 0.6 is 0 Å². The van der Waals surface area contributed by atoms with Gasteiger partial charge in [0.05, 0.1) is 18.3 Å². The monoisotopic (exact) mass is 146 g/mol. The molecule has 3 heteroatoms. The summed E-state index contributed by atoms with van der Waals surface area (Å²) < 4.78 is 17.8. The predicted octanol–water partition coefficient (Wildman–Crippen LogP) is 0.493. The van der Waals surface area contributed by atoms with E-state index in [0.717, 1.165) is 0 Å². The molecule has 0 radical (unpaired) electrons. The number of hydrogen-bond acceptors (Lipinski definition) is 2. The molecule has 1 saturated heterocycles. The topological polar surface area (TPSA) is 32.8 Å². The van der Waals surface area contributed by atoms with Crippen LogP contribution in [0.15, 0.2) is 0 Å². The number of ether oxygens (including phenoxy) is 1. The number of aliphatic hydroxyl groups is 1. The van der Waals surface area contributed by atoms with E-state index in [4.69, 9.17) is 4.74 Å². The van der Waals surface area contributed by atoms with Crippen LogP contribution in [0.2, 0.25) is 0 Å². The molecule has 1 saturated carbocycles. The van der Waals surface area contributed by atoms with Crippen LogP contribution in [0.25, 0.3) is 0 Å². The highest BCUT2D eigenvalue weighted by molar-refractivity contribution is 5.04. The van der Waals surface area contributed by atoms with Gasteiger partial charge in [0.25, 0.3) is 0 Å². The van der Waals surface area contributed by atoms with Crippen LogP contribution in [0.3, 0.4) is 0 Å². The lowest BCUT2D eigenvalue weighted by Gasteiger charge is -2.17. The first kappa shape index (κ1) is 6.55. The van der Waals surface area contributed by atoms with Gasteiger partial charge in [-0.2, -0.15) is 0 Å². The van der Waals surface area contributed by atoms with Gasteiger partial charge in [0.2, 0.25) is 0 Å². The van der Waals surface area contributed by atoms with Gasteiger partial charge in [-0.25, -0.2) is 4.39 Å². The van der Waals surface area contributed by atoms with E-state index < -0.39 is 12.3 Å². The lowest BCUT2D eigenvalue weighted by Crippen LogP contribution is -2.27. The molecule has 0 aromatic rings. The van der Waals surface area contributed by atoms with Crippen LogP contribution in [-0.2, 0) is 4.74 Å². The van der Waals surface area contributed by atoms with Crippen molar-refractivity contribution >= 4 is 0 Å². The number of fused-ring (bicyclic) bond motifs is 1. The van der Waals surface area contributed by atoms with Crippen LogP contribution in [0, 0.1) is 5.92 Å². The zero-order valence-electron chi connectivity index (χ0n) is 5.83. The summed E-state index contributed by atoms with van der Waals surface area (Å²) in [6, 6.07) is 0. The summed E-state index contributed by atoms with van der Waals surface area (Å²) in [5.41, 5.74) is 0. The zero-order chi connectivity index (χ0) is 7.30. The van der Waals surface area contributed by atoms with Crippen molar-refractivity contribution in [1.82, 2.24) is 0 Å². The van der Waals surface area contributed by atoms with Crippen molar-refractivity contribution in [2.45, 2.75) is 37.8 Å². The largest absolute Gasteiger partial charge is 0.393 e. The quantitative estimate of drug-likeness (QED) is 0.546. The summed E-state index contributed by atoms with van der Waals surface area (Å²) in [5, 5.41) is 9.24. The Morgan fingerprint density at radius 2 is 2.40 bits per heavy atom. The fourth-order valence-electron chi connectivity index (χ4n) is 1.87. The first-order valence-electron chi connectivity index (χ1n) is 3.68. The molecule has 1 N–H and O–H groups in total. The third kappa shape index (κ3) is 0.772. The van der Waals surface area contributed by atoms with Gasteiger partial charge in [-0.1, -0.05) is 0 Å². The first-order chi connectivity index (χ1) is 4.70. The summed E-state index contributed by atoms with van der Waals surface area (Å²) in [7, 11) is 0. The first-order valence-corrected chi connectivity index (χ1v) is 3.68.